The van der Waals surface area contributed by atoms with Gasteiger partial charge in [-0.1, -0.05) is 0 Å². The first-order chi connectivity index (χ1) is 17.7. The molecule has 3 N–H and O–H groups in total. The lowest BCUT2D eigenvalue weighted by molar-refractivity contribution is 0.594. The van der Waals surface area contributed by atoms with Gasteiger partial charge in [0.05, 0.1) is 5.92 Å². The summed E-state index contributed by atoms with van der Waals surface area (Å²) in [7, 11) is -27.3. The number of hydrogen-bond acceptors (Lipinski definition) is 15. The maximum Gasteiger partial charge on any atom is 0.194 e. The Balaban J connectivity index is 2.90. The monoisotopic (exact) mass is 682 g/mol. The van der Waals surface area contributed by atoms with Crippen LogP contribution in [0.15, 0.2) is 30.2 Å². The topological polar surface area (TPSA) is 291 Å². The summed E-state index contributed by atoms with van der Waals surface area (Å²) in [6, 6.07) is 0. The predicted molar refractivity (Wildman–Crippen MR) is 135 cm³/mol. The summed E-state index contributed by atoms with van der Waals surface area (Å²) in [6.45, 7) is 0. The van der Waals surface area contributed by atoms with Crippen LogP contribution in [0.1, 0.15) is 22.6 Å². The molecule has 0 aliphatic heterocycles. The Hall–Kier alpha value is -2.67. The van der Waals surface area contributed by atoms with E-state index < -0.39 is 112 Å². The molecular formula is C16H22N6O12S6. The van der Waals surface area contributed by atoms with Gasteiger partial charge in [0.15, 0.2) is 89.2 Å². The van der Waals surface area contributed by atoms with Crippen molar-refractivity contribution in [1.82, 2.24) is 30.6 Å². The molecule has 0 radical (unpaired) electrons. The molecule has 3 aromatic heterocycles. The molecule has 0 aromatic carbocycles. The summed E-state index contributed by atoms with van der Waals surface area (Å²) in [5, 5.41) is 10.2. The molecular weight excluding hydrogens is 661 g/mol. The van der Waals surface area contributed by atoms with E-state index in [0.717, 1.165) is 0 Å². The maximum atomic E-state index is 12.8. The normalized spacial score (nSPS) is 14.2. The predicted octanol–water partition coefficient (Wildman–Crippen LogP) is -2.54. The molecule has 3 heterocycles. The van der Waals surface area contributed by atoms with Crippen LogP contribution in [0.25, 0.3) is 0 Å². The van der Waals surface area contributed by atoms with E-state index in [1.165, 1.54) is 0 Å². The highest BCUT2D eigenvalue weighted by Gasteiger charge is 2.45. The Morgan fingerprint density at radius 2 is 0.600 bits per heavy atom. The van der Waals surface area contributed by atoms with Gasteiger partial charge in [-0.15, -0.1) is 0 Å². The van der Waals surface area contributed by atoms with Crippen molar-refractivity contribution in [3.8, 4) is 0 Å². The molecule has 0 unspecified atom stereocenters. The third kappa shape index (κ3) is 5.86. The van der Waals surface area contributed by atoms with Crippen molar-refractivity contribution in [2.45, 2.75) is 36.1 Å². The van der Waals surface area contributed by atoms with Crippen molar-refractivity contribution in [1.29, 1.82) is 0 Å². The quantitative estimate of drug-likeness (QED) is 0.209. The average molecular weight is 683 g/mol. The summed E-state index contributed by atoms with van der Waals surface area (Å²) in [6.07, 6.45) is 3.48. The Morgan fingerprint density at radius 3 is 0.750 bits per heavy atom. The number of sulfone groups is 6. The molecule has 0 fully saturated rings. The standard InChI is InChI=1S/C16H22N6O12S6/c1-35(23,24)11-8(12(18-17-11)36(2,25)26)7(9-13(37(3,27)28)19-20-14(9)38(4,29)30)10-15(39(5,31)32)21-22-16(10)40(6,33)34/h7H,1-6H3,(H,17,18)(H,19,20)(H,21,22). The van der Waals surface area contributed by atoms with Crippen LogP contribution in [0.4, 0.5) is 0 Å². The molecule has 224 valence electrons. The van der Waals surface area contributed by atoms with Gasteiger partial charge in [0.2, 0.25) is 0 Å². The fourth-order valence-corrected chi connectivity index (χ4v) is 9.01. The zero-order valence-corrected chi connectivity index (χ0v) is 26.2. The Bertz CT molecular complexity index is 1800. The van der Waals surface area contributed by atoms with E-state index in [1.807, 2.05) is 15.3 Å². The number of rotatable bonds is 9. The highest BCUT2D eigenvalue weighted by Crippen LogP contribution is 2.46. The molecule has 40 heavy (non-hydrogen) atoms. The lowest BCUT2D eigenvalue weighted by Gasteiger charge is -2.21. The SMILES string of the molecule is CS(=O)(=O)c1n[nH]c(S(C)(=O)=O)c1C(c1c(S(C)(=O)=O)n[nH]c1S(C)(=O)=O)c1c(S(C)(=O)=O)n[nH]c1S(C)(=O)=O. The largest absolute Gasteiger partial charge is 0.266 e. The first kappa shape index (κ1) is 31.9. The number of hydrogen-bond donors (Lipinski definition) is 3. The third-order valence-electron chi connectivity index (χ3n) is 5.23. The van der Waals surface area contributed by atoms with Gasteiger partial charge in [-0.25, -0.2) is 50.5 Å². The first-order valence-electron chi connectivity index (χ1n) is 10.1. The minimum Gasteiger partial charge on any atom is -0.266 e. The van der Waals surface area contributed by atoms with Crippen LogP contribution in [0.2, 0.25) is 0 Å². The molecule has 0 spiro atoms. The molecule has 0 amide bonds. The number of aromatic amines is 3. The second-order valence-corrected chi connectivity index (χ2v) is 20.5. The average Bonchev–Trinajstić information content (AvgIpc) is 3.42. The highest BCUT2D eigenvalue weighted by molar-refractivity contribution is 7.92. The number of nitrogens with zero attached hydrogens (tertiary/aromatic N) is 3. The molecule has 3 rings (SSSR count). The third-order valence-corrected chi connectivity index (χ3v) is 11.4. The molecule has 0 aliphatic rings. The summed E-state index contributed by atoms with van der Waals surface area (Å²) in [4.78, 5) is 0. The van der Waals surface area contributed by atoms with Crippen LogP contribution in [0.3, 0.4) is 0 Å². The van der Waals surface area contributed by atoms with Crippen molar-refractivity contribution in [3.63, 3.8) is 0 Å². The number of nitrogens with one attached hydrogen (secondary N) is 3. The second kappa shape index (κ2) is 9.43. The van der Waals surface area contributed by atoms with Crippen molar-refractivity contribution in [2.24, 2.45) is 0 Å². The molecule has 18 nitrogen and oxygen atoms in total. The Kier molecular flexibility index (Phi) is 7.51. The van der Waals surface area contributed by atoms with Crippen molar-refractivity contribution >= 4 is 59.0 Å². The van der Waals surface area contributed by atoms with Crippen LogP contribution >= 0.6 is 0 Å². The summed E-state index contributed by atoms with van der Waals surface area (Å²) in [5.41, 5.74) is -2.92. The summed E-state index contributed by atoms with van der Waals surface area (Å²) < 4.78 is 153. The van der Waals surface area contributed by atoms with E-state index in [4.69, 9.17) is 0 Å². The van der Waals surface area contributed by atoms with E-state index in [0.29, 0.717) is 37.5 Å². The van der Waals surface area contributed by atoms with Crippen LogP contribution in [-0.4, -0.2) is 119 Å². The van der Waals surface area contributed by atoms with Crippen LogP contribution in [-0.2, 0) is 59.0 Å². The van der Waals surface area contributed by atoms with Gasteiger partial charge < -0.3 is 0 Å². The van der Waals surface area contributed by atoms with Crippen molar-refractivity contribution in [3.05, 3.63) is 16.7 Å². The molecule has 0 bridgehead atoms. The van der Waals surface area contributed by atoms with E-state index in [9.17, 15) is 50.5 Å². The molecule has 0 saturated heterocycles. The van der Waals surface area contributed by atoms with Gasteiger partial charge in [0.25, 0.3) is 0 Å². The van der Waals surface area contributed by atoms with Gasteiger partial charge >= 0.3 is 0 Å². The molecule has 3 aromatic rings. The van der Waals surface area contributed by atoms with Gasteiger partial charge in [-0.3, -0.25) is 15.3 Å². The van der Waals surface area contributed by atoms with E-state index in [2.05, 4.69) is 15.3 Å². The zero-order valence-electron chi connectivity index (χ0n) is 21.3. The molecule has 0 atom stereocenters. The van der Waals surface area contributed by atoms with Gasteiger partial charge in [-0.05, 0) is 0 Å². The van der Waals surface area contributed by atoms with Crippen molar-refractivity contribution < 1.29 is 50.5 Å². The Morgan fingerprint density at radius 1 is 0.400 bits per heavy atom. The minimum atomic E-state index is -4.56. The van der Waals surface area contributed by atoms with E-state index in [1.54, 1.807) is 0 Å². The van der Waals surface area contributed by atoms with Crippen molar-refractivity contribution in [2.75, 3.05) is 37.5 Å². The second-order valence-electron chi connectivity index (χ2n) is 8.88. The number of aromatic nitrogens is 6. The van der Waals surface area contributed by atoms with Crippen LogP contribution < -0.4 is 0 Å². The molecule has 24 heteroatoms. The lowest BCUT2D eigenvalue weighted by atomic mass is 9.90. The Labute approximate surface area is 229 Å². The summed E-state index contributed by atoms with van der Waals surface area (Å²) >= 11 is 0. The number of H-pyrrole nitrogens is 3. The fraction of sp³-hybridized carbons (Fsp3) is 0.438. The van der Waals surface area contributed by atoms with E-state index >= 15 is 0 Å². The van der Waals surface area contributed by atoms with Gasteiger partial charge in [0.1, 0.15) is 0 Å². The smallest absolute Gasteiger partial charge is 0.194 e. The highest BCUT2D eigenvalue weighted by atomic mass is 32.2. The van der Waals surface area contributed by atoms with Gasteiger partial charge in [-0.2, -0.15) is 15.3 Å². The van der Waals surface area contributed by atoms with Crippen LogP contribution in [0, 0.1) is 0 Å². The van der Waals surface area contributed by atoms with Gasteiger partial charge in [0, 0.05) is 54.2 Å². The maximum absolute atomic E-state index is 12.8. The lowest BCUT2D eigenvalue weighted by Crippen LogP contribution is -2.20. The molecule has 0 saturated carbocycles. The minimum absolute atomic E-state index is 0.574. The van der Waals surface area contributed by atoms with Crippen LogP contribution in [0.5, 0.6) is 0 Å². The van der Waals surface area contributed by atoms with E-state index in [-0.39, 0.29) is 0 Å². The first-order valence-corrected chi connectivity index (χ1v) is 21.5. The zero-order chi connectivity index (χ0) is 31.0. The molecule has 0 aliphatic carbocycles. The summed E-state index contributed by atoms with van der Waals surface area (Å²) in [5.74, 6) is -2.39. The fourth-order valence-electron chi connectivity index (χ4n) is 3.85.